The van der Waals surface area contributed by atoms with Gasteiger partial charge in [0.15, 0.2) is 0 Å². The van der Waals surface area contributed by atoms with Crippen molar-refractivity contribution in [3.63, 3.8) is 0 Å². The summed E-state index contributed by atoms with van der Waals surface area (Å²) in [7, 11) is 1.91. The third-order valence-corrected chi connectivity index (χ3v) is 4.27. The topological polar surface area (TPSA) is 32.3 Å². The Hall–Kier alpha value is -0.940. The molecule has 0 bridgehead atoms. The minimum absolute atomic E-state index is 0.171. The highest BCUT2D eigenvalue weighted by atomic mass is 79.9. The van der Waals surface area contributed by atoms with E-state index < -0.39 is 5.82 Å². The van der Waals surface area contributed by atoms with Gasteiger partial charge in [0, 0.05) is 17.1 Å². The number of halogens is 2. The van der Waals surface area contributed by atoms with E-state index in [4.69, 9.17) is 0 Å². The van der Waals surface area contributed by atoms with Crippen LogP contribution >= 0.6 is 15.9 Å². The molecule has 2 rings (SSSR count). The molecule has 20 heavy (non-hydrogen) atoms. The Bertz CT molecular complexity index is 481. The van der Waals surface area contributed by atoms with E-state index >= 15 is 0 Å². The zero-order chi connectivity index (χ0) is 14.5. The zero-order valence-corrected chi connectivity index (χ0v) is 13.2. The zero-order valence-electron chi connectivity index (χ0n) is 11.7. The lowest BCUT2D eigenvalue weighted by Crippen LogP contribution is -2.45. The van der Waals surface area contributed by atoms with Crippen molar-refractivity contribution in [3.05, 3.63) is 34.1 Å². The standard InChI is InChI=1S/C15H20BrFN2O/c1-18-8-7-12-4-2-3-9-19(12)15(20)13-6-5-11(16)10-14(13)17/h5-6,10,12,18H,2-4,7-9H2,1H3. The Balaban J connectivity index is 2.16. The average molecular weight is 343 g/mol. The molecule has 1 aliphatic heterocycles. The average Bonchev–Trinajstić information content (AvgIpc) is 2.45. The molecule has 1 heterocycles. The van der Waals surface area contributed by atoms with Crippen molar-refractivity contribution in [3.8, 4) is 0 Å². The second-order valence-corrected chi connectivity index (χ2v) is 6.08. The Morgan fingerprint density at radius 1 is 1.50 bits per heavy atom. The molecule has 1 aromatic carbocycles. The Labute approximate surface area is 127 Å². The number of piperidine rings is 1. The van der Waals surface area contributed by atoms with Gasteiger partial charge in [0.1, 0.15) is 5.82 Å². The summed E-state index contributed by atoms with van der Waals surface area (Å²) >= 11 is 3.21. The fourth-order valence-corrected chi connectivity index (χ4v) is 3.03. The maximum absolute atomic E-state index is 13.9. The lowest BCUT2D eigenvalue weighted by atomic mass is 9.98. The summed E-state index contributed by atoms with van der Waals surface area (Å²) in [5.41, 5.74) is 0.171. The van der Waals surface area contributed by atoms with Crippen LogP contribution in [0, 0.1) is 5.82 Å². The maximum Gasteiger partial charge on any atom is 0.257 e. The van der Waals surface area contributed by atoms with Crippen molar-refractivity contribution < 1.29 is 9.18 Å². The number of amides is 1. The van der Waals surface area contributed by atoms with Gasteiger partial charge in [-0.05, 0) is 57.5 Å². The Morgan fingerprint density at radius 2 is 2.30 bits per heavy atom. The molecule has 1 atom stereocenters. The molecule has 110 valence electrons. The van der Waals surface area contributed by atoms with E-state index in [1.807, 2.05) is 11.9 Å². The van der Waals surface area contributed by atoms with Crippen LogP contribution in [0.25, 0.3) is 0 Å². The summed E-state index contributed by atoms with van der Waals surface area (Å²) in [6.45, 7) is 1.60. The molecule has 1 fully saturated rings. The lowest BCUT2D eigenvalue weighted by Gasteiger charge is -2.36. The van der Waals surface area contributed by atoms with Gasteiger partial charge < -0.3 is 10.2 Å². The van der Waals surface area contributed by atoms with E-state index in [2.05, 4.69) is 21.2 Å². The van der Waals surface area contributed by atoms with Crippen molar-refractivity contribution in [1.82, 2.24) is 10.2 Å². The molecule has 0 aromatic heterocycles. The Morgan fingerprint density at radius 3 is 3.00 bits per heavy atom. The minimum Gasteiger partial charge on any atom is -0.336 e. The molecule has 1 unspecified atom stereocenters. The van der Waals surface area contributed by atoms with Crippen LogP contribution in [0.2, 0.25) is 0 Å². The van der Waals surface area contributed by atoms with Gasteiger partial charge in [-0.2, -0.15) is 0 Å². The van der Waals surface area contributed by atoms with Crippen molar-refractivity contribution in [2.45, 2.75) is 31.7 Å². The number of carbonyl (C=O) groups excluding carboxylic acids is 1. The summed E-state index contributed by atoms with van der Waals surface area (Å²) in [4.78, 5) is 14.4. The van der Waals surface area contributed by atoms with E-state index in [1.54, 1.807) is 12.1 Å². The van der Waals surface area contributed by atoms with Gasteiger partial charge in [-0.25, -0.2) is 4.39 Å². The van der Waals surface area contributed by atoms with Crippen LogP contribution in [0.4, 0.5) is 4.39 Å². The molecule has 1 N–H and O–H groups in total. The molecule has 1 saturated heterocycles. The van der Waals surface area contributed by atoms with Crippen molar-refractivity contribution in [2.24, 2.45) is 0 Å². The third-order valence-electron chi connectivity index (χ3n) is 3.78. The number of hydrogen-bond acceptors (Lipinski definition) is 2. The molecule has 0 radical (unpaired) electrons. The number of hydrogen-bond donors (Lipinski definition) is 1. The van der Waals surface area contributed by atoms with Gasteiger partial charge in [0.05, 0.1) is 5.56 Å². The highest BCUT2D eigenvalue weighted by molar-refractivity contribution is 9.10. The molecule has 1 aromatic rings. The number of benzene rings is 1. The van der Waals surface area contributed by atoms with E-state index in [9.17, 15) is 9.18 Å². The second-order valence-electron chi connectivity index (χ2n) is 5.16. The van der Waals surface area contributed by atoms with Gasteiger partial charge >= 0.3 is 0 Å². The number of nitrogens with zero attached hydrogens (tertiary/aromatic N) is 1. The van der Waals surface area contributed by atoms with E-state index in [0.29, 0.717) is 4.47 Å². The van der Waals surface area contributed by atoms with Gasteiger partial charge in [0.2, 0.25) is 0 Å². The van der Waals surface area contributed by atoms with Gasteiger partial charge in [0.25, 0.3) is 5.91 Å². The minimum atomic E-state index is -0.456. The molecule has 0 saturated carbocycles. The van der Waals surface area contributed by atoms with Gasteiger partial charge in [-0.15, -0.1) is 0 Å². The fourth-order valence-electron chi connectivity index (χ4n) is 2.70. The normalized spacial score (nSPS) is 19.1. The SMILES string of the molecule is CNCCC1CCCCN1C(=O)c1ccc(Br)cc1F. The highest BCUT2D eigenvalue weighted by Crippen LogP contribution is 2.24. The van der Waals surface area contributed by atoms with Crippen molar-refractivity contribution >= 4 is 21.8 Å². The predicted molar refractivity (Wildman–Crippen MR) is 81.3 cm³/mol. The van der Waals surface area contributed by atoms with Crippen LogP contribution in [-0.4, -0.2) is 37.0 Å². The van der Waals surface area contributed by atoms with Crippen molar-refractivity contribution in [2.75, 3.05) is 20.1 Å². The van der Waals surface area contributed by atoms with E-state index in [1.165, 1.54) is 6.07 Å². The first-order chi connectivity index (χ1) is 9.63. The monoisotopic (exact) mass is 342 g/mol. The first-order valence-corrected chi connectivity index (χ1v) is 7.83. The molecule has 3 nitrogen and oxygen atoms in total. The fraction of sp³-hybridized carbons (Fsp3) is 0.533. The van der Waals surface area contributed by atoms with Crippen LogP contribution < -0.4 is 5.32 Å². The summed E-state index contributed by atoms with van der Waals surface area (Å²) in [6.07, 6.45) is 4.06. The Kier molecular flexibility index (Phi) is 5.54. The number of nitrogens with one attached hydrogen (secondary N) is 1. The maximum atomic E-state index is 13.9. The van der Waals surface area contributed by atoms with Crippen LogP contribution in [-0.2, 0) is 0 Å². The smallest absolute Gasteiger partial charge is 0.257 e. The molecule has 0 spiro atoms. The number of rotatable bonds is 4. The lowest BCUT2D eigenvalue weighted by molar-refractivity contribution is 0.0598. The summed E-state index contributed by atoms with van der Waals surface area (Å²) < 4.78 is 14.6. The highest BCUT2D eigenvalue weighted by Gasteiger charge is 2.28. The van der Waals surface area contributed by atoms with Crippen LogP contribution in [0.15, 0.2) is 22.7 Å². The molecule has 1 amide bonds. The molecular weight excluding hydrogens is 323 g/mol. The molecule has 1 aliphatic rings. The second kappa shape index (κ2) is 7.18. The van der Waals surface area contributed by atoms with Gasteiger partial charge in [-0.3, -0.25) is 4.79 Å². The summed E-state index contributed by atoms with van der Waals surface area (Å²) in [5, 5.41) is 3.11. The largest absolute Gasteiger partial charge is 0.336 e. The first kappa shape index (κ1) is 15.4. The van der Waals surface area contributed by atoms with E-state index in [0.717, 1.165) is 38.8 Å². The third kappa shape index (κ3) is 3.58. The van der Waals surface area contributed by atoms with Crippen molar-refractivity contribution in [1.29, 1.82) is 0 Å². The van der Waals surface area contributed by atoms with Gasteiger partial charge in [-0.1, -0.05) is 15.9 Å². The summed E-state index contributed by atoms with van der Waals surface area (Å²) in [5.74, 6) is -0.641. The molecule has 0 aliphatic carbocycles. The predicted octanol–water partition coefficient (Wildman–Crippen LogP) is 3.19. The van der Waals surface area contributed by atoms with E-state index in [-0.39, 0.29) is 17.5 Å². The first-order valence-electron chi connectivity index (χ1n) is 7.04. The van der Waals surface area contributed by atoms with Crippen LogP contribution in [0.1, 0.15) is 36.0 Å². The quantitative estimate of drug-likeness (QED) is 0.911. The molecular formula is C15H20BrFN2O. The van der Waals surface area contributed by atoms with Crippen LogP contribution in [0.5, 0.6) is 0 Å². The number of carbonyl (C=O) groups is 1. The number of likely N-dealkylation sites (tertiary alicyclic amines) is 1. The molecule has 5 heteroatoms. The summed E-state index contributed by atoms with van der Waals surface area (Å²) in [6, 6.07) is 4.83. The van der Waals surface area contributed by atoms with Crippen LogP contribution in [0.3, 0.4) is 0 Å².